The Hall–Kier alpha value is -1.52. The van der Waals surface area contributed by atoms with E-state index in [-0.39, 0.29) is 18.1 Å². The number of hydrogen-bond acceptors (Lipinski definition) is 3. The van der Waals surface area contributed by atoms with Crippen LogP contribution in [0.25, 0.3) is 0 Å². The zero-order chi connectivity index (χ0) is 10.6. The van der Waals surface area contributed by atoms with Gasteiger partial charge in [0.05, 0.1) is 13.1 Å². The fraction of sp³-hybridized carbons (Fsp3) is 0.556. The van der Waals surface area contributed by atoms with E-state index in [1.54, 1.807) is 11.0 Å². The molecule has 0 aromatic carbocycles. The lowest BCUT2D eigenvalue weighted by Gasteiger charge is -2.09. The van der Waals surface area contributed by atoms with Gasteiger partial charge in [-0.05, 0) is 0 Å². The largest absolute Gasteiger partial charge is 0.442 e. The van der Waals surface area contributed by atoms with Gasteiger partial charge >= 0.3 is 6.09 Å². The molecule has 5 heteroatoms. The zero-order valence-electron chi connectivity index (χ0n) is 8.16. The molecule has 1 N–H and O–H groups in total. The van der Waals surface area contributed by atoms with E-state index >= 15 is 0 Å². The number of rotatable bonds is 4. The van der Waals surface area contributed by atoms with E-state index in [0.717, 1.165) is 0 Å². The van der Waals surface area contributed by atoms with Crippen molar-refractivity contribution in [1.82, 2.24) is 10.2 Å². The Kier molecular flexibility index (Phi) is 3.50. The molecule has 1 saturated heterocycles. The van der Waals surface area contributed by atoms with Crippen molar-refractivity contribution in [3.63, 3.8) is 0 Å². The first-order chi connectivity index (χ1) is 6.63. The van der Waals surface area contributed by atoms with Crippen molar-refractivity contribution in [2.75, 3.05) is 19.6 Å². The summed E-state index contributed by atoms with van der Waals surface area (Å²) in [5.74, 6) is -0.122. The predicted molar refractivity (Wildman–Crippen MR) is 50.7 cm³/mol. The molecule has 0 bridgehead atoms. The Morgan fingerprint density at radius 1 is 1.86 bits per heavy atom. The molecule has 14 heavy (non-hydrogen) atoms. The highest BCUT2D eigenvalue weighted by atomic mass is 16.6. The van der Waals surface area contributed by atoms with Gasteiger partial charge in [0.2, 0.25) is 5.91 Å². The van der Waals surface area contributed by atoms with Crippen LogP contribution in [0, 0.1) is 0 Å². The highest BCUT2D eigenvalue weighted by Crippen LogP contribution is 2.09. The molecule has 0 saturated carbocycles. The van der Waals surface area contributed by atoms with Crippen LogP contribution in [-0.4, -0.2) is 42.6 Å². The van der Waals surface area contributed by atoms with E-state index in [2.05, 4.69) is 11.9 Å². The minimum absolute atomic E-state index is 0.122. The second-order valence-electron chi connectivity index (χ2n) is 3.14. The maximum atomic E-state index is 11.2. The lowest BCUT2D eigenvalue weighted by atomic mass is 10.3. The predicted octanol–water partition coefficient (Wildman–Crippen LogP) is 0.129. The summed E-state index contributed by atoms with van der Waals surface area (Å²) < 4.78 is 5.00. The fourth-order valence-corrected chi connectivity index (χ4v) is 1.24. The third-order valence-corrected chi connectivity index (χ3v) is 1.88. The summed E-state index contributed by atoms with van der Waals surface area (Å²) >= 11 is 0. The minimum Gasteiger partial charge on any atom is -0.442 e. The molecule has 0 aromatic heterocycles. The van der Waals surface area contributed by atoms with Crippen molar-refractivity contribution in [3.8, 4) is 0 Å². The van der Waals surface area contributed by atoms with Crippen molar-refractivity contribution < 1.29 is 14.3 Å². The van der Waals surface area contributed by atoms with Gasteiger partial charge in [-0.25, -0.2) is 4.79 Å². The van der Waals surface area contributed by atoms with Crippen molar-refractivity contribution in [3.05, 3.63) is 12.7 Å². The Morgan fingerprint density at radius 3 is 3.14 bits per heavy atom. The Labute approximate surface area is 82.7 Å². The van der Waals surface area contributed by atoms with Gasteiger partial charge in [-0.3, -0.25) is 4.79 Å². The number of nitrogens with zero attached hydrogens (tertiary/aromatic N) is 1. The molecule has 1 fully saturated rings. The van der Waals surface area contributed by atoms with Crippen LogP contribution in [0.2, 0.25) is 0 Å². The van der Waals surface area contributed by atoms with Crippen LogP contribution in [0.1, 0.15) is 6.92 Å². The normalized spacial score (nSPS) is 20.5. The maximum Gasteiger partial charge on any atom is 0.410 e. The van der Waals surface area contributed by atoms with E-state index < -0.39 is 0 Å². The molecule has 1 aliphatic rings. The molecule has 1 rings (SSSR count). The van der Waals surface area contributed by atoms with Crippen LogP contribution in [0.3, 0.4) is 0 Å². The summed E-state index contributed by atoms with van der Waals surface area (Å²) in [5, 5.41) is 2.60. The summed E-state index contributed by atoms with van der Waals surface area (Å²) in [6.07, 6.45) is 1.05. The first-order valence-electron chi connectivity index (χ1n) is 4.44. The van der Waals surface area contributed by atoms with Crippen LogP contribution < -0.4 is 5.32 Å². The number of ether oxygens (including phenoxy) is 1. The van der Waals surface area contributed by atoms with Gasteiger partial charge in [-0.15, -0.1) is 6.58 Å². The molecule has 0 aliphatic carbocycles. The van der Waals surface area contributed by atoms with Gasteiger partial charge in [0.15, 0.2) is 0 Å². The standard InChI is InChI=1S/C9H14N2O3/c1-3-4-11-6-8(14-9(11)13)5-10-7(2)12/h3,8H,1,4-6H2,2H3,(H,10,12). The Morgan fingerprint density at radius 2 is 2.57 bits per heavy atom. The molecule has 0 spiro atoms. The second kappa shape index (κ2) is 4.64. The average molecular weight is 198 g/mol. The number of amides is 2. The molecule has 5 nitrogen and oxygen atoms in total. The molecular weight excluding hydrogens is 184 g/mol. The Balaban J connectivity index is 2.34. The summed E-state index contributed by atoms with van der Waals surface area (Å²) in [6.45, 7) is 6.32. The van der Waals surface area contributed by atoms with E-state index in [0.29, 0.717) is 19.6 Å². The van der Waals surface area contributed by atoms with Crippen LogP contribution >= 0.6 is 0 Å². The average Bonchev–Trinajstić information content (AvgIpc) is 2.45. The first kappa shape index (κ1) is 10.6. The molecule has 1 unspecified atom stereocenters. The number of carbonyl (C=O) groups excluding carboxylic acids is 2. The summed E-state index contributed by atoms with van der Waals surface area (Å²) in [6, 6.07) is 0. The molecule has 0 aromatic rings. The lowest BCUT2D eigenvalue weighted by Crippen LogP contribution is -2.33. The monoisotopic (exact) mass is 198 g/mol. The summed E-state index contributed by atoms with van der Waals surface area (Å²) in [4.78, 5) is 23.3. The van der Waals surface area contributed by atoms with E-state index in [1.165, 1.54) is 6.92 Å². The zero-order valence-corrected chi connectivity index (χ0v) is 8.16. The lowest BCUT2D eigenvalue weighted by molar-refractivity contribution is -0.119. The number of nitrogens with one attached hydrogen (secondary N) is 1. The van der Waals surface area contributed by atoms with Gasteiger partial charge in [0.1, 0.15) is 6.10 Å². The van der Waals surface area contributed by atoms with Crippen molar-refractivity contribution in [2.24, 2.45) is 0 Å². The van der Waals surface area contributed by atoms with Crippen LogP contribution in [0.4, 0.5) is 4.79 Å². The maximum absolute atomic E-state index is 11.2. The summed E-state index contributed by atoms with van der Waals surface area (Å²) in [5.41, 5.74) is 0. The highest BCUT2D eigenvalue weighted by molar-refractivity contribution is 5.73. The van der Waals surface area contributed by atoms with Crippen molar-refractivity contribution in [2.45, 2.75) is 13.0 Å². The molecule has 1 aliphatic heterocycles. The van der Waals surface area contributed by atoms with Crippen LogP contribution in [0.5, 0.6) is 0 Å². The van der Waals surface area contributed by atoms with Gasteiger partial charge < -0.3 is 15.0 Å². The summed E-state index contributed by atoms with van der Waals surface area (Å²) in [7, 11) is 0. The van der Waals surface area contributed by atoms with Gasteiger partial charge in [-0.2, -0.15) is 0 Å². The fourth-order valence-electron chi connectivity index (χ4n) is 1.24. The van der Waals surface area contributed by atoms with Gasteiger partial charge in [-0.1, -0.05) is 6.08 Å². The smallest absolute Gasteiger partial charge is 0.410 e. The molecule has 1 heterocycles. The number of carbonyl (C=O) groups is 2. The van der Waals surface area contributed by atoms with Crippen LogP contribution in [-0.2, 0) is 9.53 Å². The molecule has 0 radical (unpaired) electrons. The van der Waals surface area contributed by atoms with Gasteiger partial charge in [0, 0.05) is 13.5 Å². The van der Waals surface area contributed by atoms with E-state index in [4.69, 9.17) is 4.74 Å². The van der Waals surface area contributed by atoms with Crippen molar-refractivity contribution in [1.29, 1.82) is 0 Å². The molecule has 1 atom stereocenters. The number of cyclic esters (lactones) is 1. The minimum atomic E-state index is -0.347. The molecule has 78 valence electrons. The van der Waals surface area contributed by atoms with Crippen LogP contribution in [0.15, 0.2) is 12.7 Å². The third kappa shape index (κ3) is 2.76. The van der Waals surface area contributed by atoms with E-state index in [1.807, 2.05) is 0 Å². The first-order valence-corrected chi connectivity index (χ1v) is 4.44. The third-order valence-electron chi connectivity index (χ3n) is 1.88. The topological polar surface area (TPSA) is 58.6 Å². The number of hydrogen-bond donors (Lipinski definition) is 1. The Bertz CT molecular complexity index is 252. The molecule has 2 amide bonds. The van der Waals surface area contributed by atoms with Crippen molar-refractivity contribution >= 4 is 12.0 Å². The second-order valence-corrected chi connectivity index (χ2v) is 3.14. The quantitative estimate of drug-likeness (QED) is 0.653. The molecular formula is C9H14N2O3. The highest BCUT2D eigenvalue weighted by Gasteiger charge is 2.29. The van der Waals surface area contributed by atoms with E-state index in [9.17, 15) is 9.59 Å². The SMILES string of the molecule is C=CCN1CC(CNC(C)=O)OC1=O. The van der Waals surface area contributed by atoms with Gasteiger partial charge in [0.25, 0.3) is 0 Å².